The molecule has 1 amide bonds. The van der Waals surface area contributed by atoms with Gasteiger partial charge in [-0.2, -0.15) is 0 Å². The second-order valence-corrected chi connectivity index (χ2v) is 6.88. The summed E-state index contributed by atoms with van der Waals surface area (Å²) in [4.78, 5) is 15.3. The summed E-state index contributed by atoms with van der Waals surface area (Å²) in [7, 11) is 0. The monoisotopic (exact) mass is 291 g/mol. The van der Waals surface area contributed by atoms with Gasteiger partial charge in [0, 0.05) is 18.5 Å². The van der Waals surface area contributed by atoms with Crippen LogP contribution in [0, 0.1) is 17.3 Å². The van der Waals surface area contributed by atoms with Gasteiger partial charge >= 0.3 is 0 Å². The van der Waals surface area contributed by atoms with Gasteiger partial charge in [0.2, 0.25) is 0 Å². The average molecular weight is 291 g/mol. The zero-order chi connectivity index (χ0) is 14.6. The molecule has 0 spiro atoms. The number of nitrogens with zero attached hydrogens (tertiary/aromatic N) is 1. The number of aliphatic hydroxyl groups is 1. The highest BCUT2D eigenvalue weighted by atomic mass is 32.1. The highest BCUT2D eigenvalue weighted by Gasteiger charge is 2.26. The summed E-state index contributed by atoms with van der Waals surface area (Å²) in [5.41, 5.74) is 1.05. The molecule has 3 nitrogen and oxygen atoms in total. The minimum Gasteiger partial charge on any atom is -0.384 e. The molecule has 0 unspecified atom stereocenters. The third kappa shape index (κ3) is 3.84. The number of carbonyl (C=O) groups is 1. The van der Waals surface area contributed by atoms with Crippen LogP contribution in [0.25, 0.3) is 0 Å². The number of hydrogen-bond acceptors (Lipinski definition) is 3. The minimum absolute atomic E-state index is 0.107. The number of thiophene rings is 1. The number of carbonyl (C=O) groups excluding carboxylic acids is 1. The van der Waals surface area contributed by atoms with Crippen molar-refractivity contribution in [3.05, 3.63) is 21.9 Å². The van der Waals surface area contributed by atoms with Crippen LogP contribution in [0.1, 0.15) is 48.3 Å². The van der Waals surface area contributed by atoms with Gasteiger partial charge in [-0.05, 0) is 30.7 Å². The Morgan fingerprint density at radius 3 is 3.00 bits per heavy atom. The quantitative estimate of drug-likeness (QED) is 0.808. The molecule has 20 heavy (non-hydrogen) atoms. The maximum atomic E-state index is 12.5. The van der Waals surface area contributed by atoms with Crippen molar-refractivity contribution in [2.75, 3.05) is 19.7 Å². The molecule has 1 aliphatic heterocycles. The third-order valence-electron chi connectivity index (χ3n) is 3.76. The van der Waals surface area contributed by atoms with E-state index in [9.17, 15) is 4.79 Å². The van der Waals surface area contributed by atoms with Gasteiger partial charge in [-0.25, -0.2) is 0 Å². The van der Waals surface area contributed by atoms with Gasteiger partial charge in [0.15, 0.2) is 0 Å². The lowest BCUT2D eigenvalue weighted by Crippen LogP contribution is -2.32. The van der Waals surface area contributed by atoms with E-state index in [0.717, 1.165) is 36.4 Å². The molecule has 1 aromatic heterocycles. The van der Waals surface area contributed by atoms with E-state index in [1.165, 1.54) is 17.8 Å². The normalized spacial score (nSPS) is 18.1. The molecule has 4 heteroatoms. The van der Waals surface area contributed by atoms with E-state index in [1.807, 2.05) is 16.3 Å². The lowest BCUT2D eigenvalue weighted by Gasteiger charge is -2.23. The number of likely N-dealkylation sites (tertiary alicyclic amines) is 1. The molecule has 2 rings (SSSR count). The van der Waals surface area contributed by atoms with Gasteiger partial charge in [-0.15, -0.1) is 11.3 Å². The first-order valence-corrected chi connectivity index (χ1v) is 7.87. The van der Waals surface area contributed by atoms with E-state index in [2.05, 4.69) is 25.7 Å². The topological polar surface area (TPSA) is 40.5 Å². The standard InChI is InChI=1S/C16H21NO2S/c1-16(2)6-4-8-17(9-7-16)15(19)13-11-14(20-12-13)5-3-10-18/h11-12,18H,4,6-10H2,1-2H3. The molecule has 0 saturated carbocycles. The second kappa shape index (κ2) is 6.43. The highest BCUT2D eigenvalue weighted by molar-refractivity contribution is 7.10. The van der Waals surface area contributed by atoms with E-state index in [1.54, 1.807) is 0 Å². The van der Waals surface area contributed by atoms with Crippen LogP contribution in [-0.2, 0) is 0 Å². The van der Waals surface area contributed by atoms with Crippen molar-refractivity contribution in [1.82, 2.24) is 4.90 Å². The van der Waals surface area contributed by atoms with Crippen LogP contribution in [0.2, 0.25) is 0 Å². The summed E-state index contributed by atoms with van der Waals surface area (Å²) in [6.45, 7) is 6.07. The fraction of sp³-hybridized carbons (Fsp3) is 0.562. The Morgan fingerprint density at radius 1 is 1.45 bits per heavy atom. The minimum atomic E-state index is -0.150. The summed E-state index contributed by atoms with van der Waals surface area (Å²) in [6, 6.07) is 1.83. The third-order valence-corrected chi connectivity index (χ3v) is 4.61. The van der Waals surface area contributed by atoms with Gasteiger partial charge in [-0.1, -0.05) is 25.7 Å². The van der Waals surface area contributed by atoms with Crippen LogP contribution in [0.15, 0.2) is 11.4 Å². The maximum Gasteiger partial charge on any atom is 0.254 e. The summed E-state index contributed by atoms with van der Waals surface area (Å²) < 4.78 is 0. The summed E-state index contributed by atoms with van der Waals surface area (Å²) in [5, 5.41) is 10.5. The van der Waals surface area contributed by atoms with Crippen molar-refractivity contribution in [1.29, 1.82) is 0 Å². The van der Waals surface area contributed by atoms with Gasteiger partial charge in [0.25, 0.3) is 5.91 Å². The van der Waals surface area contributed by atoms with Crippen LogP contribution in [0.4, 0.5) is 0 Å². The number of aliphatic hydroxyl groups excluding tert-OH is 1. The first-order valence-electron chi connectivity index (χ1n) is 6.99. The molecular formula is C16H21NO2S. The Bertz CT molecular complexity index is 536. The van der Waals surface area contributed by atoms with E-state index in [-0.39, 0.29) is 12.5 Å². The Morgan fingerprint density at radius 2 is 2.25 bits per heavy atom. The first kappa shape index (κ1) is 15.1. The molecule has 108 valence electrons. The molecule has 1 aliphatic rings. The van der Waals surface area contributed by atoms with Crippen LogP contribution < -0.4 is 0 Å². The molecule has 1 aromatic rings. The average Bonchev–Trinajstić information content (AvgIpc) is 2.80. The van der Waals surface area contributed by atoms with Crippen molar-refractivity contribution in [3.63, 3.8) is 0 Å². The molecule has 1 saturated heterocycles. The van der Waals surface area contributed by atoms with Crippen LogP contribution in [0.3, 0.4) is 0 Å². The number of amides is 1. The summed E-state index contributed by atoms with van der Waals surface area (Å²) in [5.74, 6) is 5.56. The molecule has 0 atom stereocenters. The van der Waals surface area contributed by atoms with Crippen LogP contribution in [0.5, 0.6) is 0 Å². The van der Waals surface area contributed by atoms with Crippen LogP contribution in [-0.4, -0.2) is 35.6 Å². The molecule has 1 fully saturated rings. The predicted molar refractivity (Wildman–Crippen MR) is 81.8 cm³/mol. The predicted octanol–water partition coefficient (Wildman–Crippen LogP) is 2.74. The van der Waals surface area contributed by atoms with Crippen molar-refractivity contribution < 1.29 is 9.90 Å². The van der Waals surface area contributed by atoms with Crippen molar-refractivity contribution in [3.8, 4) is 11.8 Å². The van der Waals surface area contributed by atoms with E-state index in [4.69, 9.17) is 5.11 Å². The molecule has 1 N–H and O–H groups in total. The van der Waals surface area contributed by atoms with Crippen LogP contribution >= 0.6 is 11.3 Å². The molecule has 0 aromatic carbocycles. The number of hydrogen-bond donors (Lipinski definition) is 1. The lowest BCUT2D eigenvalue weighted by atomic mass is 9.85. The molecule has 2 heterocycles. The van der Waals surface area contributed by atoms with E-state index < -0.39 is 0 Å². The zero-order valence-corrected chi connectivity index (χ0v) is 12.9. The zero-order valence-electron chi connectivity index (χ0n) is 12.1. The summed E-state index contributed by atoms with van der Waals surface area (Å²) in [6.07, 6.45) is 3.30. The van der Waals surface area contributed by atoms with Crippen molar-refractivity contribution >= 4 is 17.2 Å². The fourth-order valence-electron chi connectivity index (χ4n) is 2.45. The largest absolute Gasteiger partial charge is 0.384 e. The Labute approximate surface area is 124 Å². The molecule has 0 aliphatic carbocycles. The van der Waals surface area contributed by atoms with Gasteiger partial charge in [0.05, 0.1) is 10.4 Å². The van der Waals surface area contributed by atoms with Gasteiger partial charge in [-0.3, -0.25) is 4.79 Å². The number of rotatable bonds is 1. The fourth-order valence-corrected chi connectivity index (χ4v) is 3.20. The second-order valence-electron chi connectivity index (χ2n) is 5.97. The van der Waals surface area contributed by atoms with E-state index in [0.29, 0.717) is 5.41 Å². The smallest absolute Gasteiger partial charge is 0.254 e. The highest BCUT2D eigenvalue weighted by Crippen LogP contribution is 2.30. The first-order chi connectivity index (χ1) is 9.52. The Kier molecular flexibility index (Phi) is 4.85. The molecular weight excluding hydrogens is 270 g/mol. The maximum absolute atomic E-state index is 12.5. The Hall–Kier alpha value is -1.31. The van der Waals surface area contributed by atoms with Gasteiger partial charge < -0.3 is 10.0 Å². The van der Waals surface area contributed by atoms with E-state index >= 15 is 0 Å². The summed E-state index contributed by atoms with van der Waals surface area (Å²) >= 11 is 1.45. The lowest BCUT2D eigenvalue weighted by molar-refractivity contribution is 0.0758. The molecule has 0 radical (unpaired) electrons. The molecule has 0 bridgehead atoms. The van der Waals surface area contributed by atoms with Gasteiger partial charge in [0.1, 0.15) is 6.61 Å². The van der Waals surface area contributed by atoms with Crippen molar-refractivity contribution in [2.45, 2.75) is 33.1 Å². The SMILES string of the molecule is CC1(C)CCCN(C(=O)c2csc(C#CCO)c2)CC1. The Balaban J connectivity index is 2.05. The van der Waals surface area contributed by atoms with Crippen molar-refractivity contribution in [2.24, 2.45) is 5.41 Å².